The SMILES string of the molecule is CCc1cc2c3c(c1)N(c1ccc4c(c1)C(C)(C)CCC4(C)C)c1c(oc4c1C(C)CCC4(C)C)B3c1cc3c(cc1N2c1ccc2c(c1)C(C)(C)CCC2(C)C)C(C)CCC3(C)C. The van der Waals surface area contributed by atoms with Gasteiger partial charge in [-0.05, 0) is 189 Å². The van der Waals surface area contributed by atoms with Crippen LogP contribution in [0.15, 0.2) is 65.1 Å². The summed E-state index contributed by atoms with van der Waals surface area (Å²) in [6.45, 7) is 36.9. The fourth-order valence-electron chi connectivity index (χ4n) is 13.8. The molecule has 4 aromatic carbocycles. The topological polar surface area (TPSA) is 19.6 Å². The fraction of sp³-hybridized carbons (Fsp3) is 0.533. The molecule has 0 spiro atoms. The molecule has 4 heteroatoms. The smallest absolute Gasteiger partial charge is 0.297 e. The second-order valence-corrected chi connectivity index (χ2v) is 25.7. The van der Waals surface area contributed by atoms with Crippen molar-refractivity contribution < 1.29 is 4.42 Å². The first-order chi connectivity index (χ1) is 30.0. The van der Waals surface area contributed by atoms with Gasteiger partial charge >= 0.3 is 0 Å². The lowest BCUT2D eigenvalue weighted by Gasteiger charge is -2.46. The van der Waals surface area contributed by atoms with Gasteiger partial charge in [0.05, 0.1) is 11.3 Å². The summed E-state index contributed by atoms with van der Waals surface area (Å²) in [6, 6.07) is 25.6. The van der Waals surface area contributed by atoms with Gasteiger partial charge in [0.25, 0.3) is 6.71 Å². The highest BCUT2D eigenvalue weighted by Crippen LogP contribution is 2.56. The van der Waals surface area contributed by atoms with Gasteiger partial charge in [0.2, 0.25) is 0 Å². The van der Waals surface area contributed by atoms with E-state index in [2.05, 4.69) is 174 Å². The molecule has 334 valence electrons. The minimum absolute atomic E-state index is 0.0265. The lowest BCUT2D eigenvalue weighted by atomic mass is 9.35. The minimum atomic E-state index is -0.0587. The van der Waals surface area contributed by atoms with E-state index in [4.69, 9.17) is 4.42 Å². The van der Waals surface area contributed by atoms with Crippen molar-refractivity contribution in [2.75, 3.05) is 9.80 Å². The molecule has 0 saturated heterocycles. The predicted octanol–water partition coefficient (Wildman–Crippen LogP) is 15.0. The van der Waals surface area contributed by atoms with Crippen LogP contribution in [0.4, 0.5) is 34.1 Å². The summed E-state index contributed by atoms with van der Waals surface area (Å²) in [5, 5.41) is 0. The third-order valence-electron chi connectivity index (χ3n) is 18.5. The van der Waals surface area contributed by atoms with E-state index < -0.39 is 0 Å². The number of fused-ring (bicyclic) bond motifs is 9. The maximum absolute atomic E-state index is 7.74. The molecule has 11 rings (SSSR count). The van der Waals surface area contributed by atoms with E-state index in [0.717, 1.165) is 18.5 Å². The molecule has 6 aliphatic rings. The van der Waals surface area contributed by atoms with Crippen molar-refractivity contribution in [2.24, 2.45) is 0 Å². The molecule has 0 bridgehead atoms. The van der Waals surface area contributed by atoms with Gasteiger partial charge in [-0.3, -0.25) is 0 Å². The summed E-state index contributed by atoms with van der Waals surface area (Å²) in [5.74, 6) is 2.11. The first kappa shape index (κ1) is 42.5. The zero-order chi connectivity index (χ0) is 45.4. The number of furan rings is 1. The first-order valence-corrected chi connectivity index (χ1v) is 25.4. The van der Waals surface area contributed by atoms with Crippen LogP contribution in [0.3, 0.4) is 0 Å². The van der Waals surface area contributed by atoms with Gasteiger partial charge in [-0.25, -0.2) is 0 Å². The molecule has 3 heterocycles. The molecule has 2 atom stereocenters. The lowest BCUT2D eigenvalue weighted by Crippen LogP contribution is -2.61. The molecular formula is C60H75BN2O. The summed E-state index contributed by atoms with van der Waals surface area (Å²) in [7, 11) is 0. The van der Waals surface area contributed by atoms with Gasteiger partial charge in [-0.2, -0.15) is 0 Å². The second-order valence-electron chi connectivity index (χ2n) is 25.7. The predicted molar refractivity (Wildman–Crippen MR) is 274 cm³/mol. The van der Waals surface area contributed by atoms with Crippen LogP contribution in [0.2, 0.25) is 0 Å². The van der Waals surface area contributed by atoms with Crippen molar-refractivity contribution >= 4 is 57.4 Å². The molecular weight excluding hydrogens is 775 g/mol. The standard InChI is InChI=1S/C60H75BN2O/c1-16-37-29-48-51-49(30-37)63(39-18-20-42-45(32-39)59(12,13)28-26-57(42,8)9)52-50-36(3)22-24-60(14,15)53(50)64-54(52)61(51)46-34-43-40(35(2)21-23-55(43,4)5)33-47(46)62(48)38-17-19-41-44(31-38)58(10,11)27-25-56(41,6)7/h17-20,29-36H,16,21-28H2,1-15H3. The highest BCUT2D eigenvalue weighted by atomic mass is 16.3. The van der Waals surface area contributed by atoms with Crippen molar-refractivity contribution in [3.05, 3.63) is 111 Å². The minimum Gasteiger partial charge on any atom is -0.472 e. The average molecular weight is 851 g/mol. The Hall–Kier alpha value is -4.18. The molecule has 64 heavy (non-hydrogen) atoms. The molecule has 0 radical (unpaired) electrons. The number of aryl methyl sites for hydroxylation is 1. The zero-order valence-corrected chi connectivity index (χ0v) is 42.2. The van der Waals surface area contributed by atoms with Crippen LogP contribution in [-0.4, -0.2) is 6.71 Å². The fourth-order valence-corrected chi connectivity index (χ4v) is 13.8. The van der Waals surface area contributed by atoms with Gasteiger partial charge in [-0.1, -0.05) is 122 Å². The largest absolute Gasteiger partial charge is 0.472 e. The van der Waals surface area contributed by atoms with Gasteiger partial charge in [-0.15, -0.1) is 0 Å². The van der Waals surface area contributed by atoms with Crippen molar-refractivity contribution in [3.8, 4) is 0 Å². The van der Waals surface area contributed by atoms with Crippen molar-refractivity contribution in [1.82, 2.24) is 0 Å². The Morgan fingerprint density at radius 1 is 0.531 bits per heavy atom. The van der Waals surface area contributed by atoms with E-state index in [1.807, 2.05) is 0 Å². The van der Waals surface area contributed by atoms with Crippen molar-refractivity contribution in [1.29, 1.82) is 0 Å². The van der Waals surface area contributed by atoms with Crippen LogP contribution in [0.1, 0.15) is 217 Å². The maximum atomic E-state index is 7.74. The Labute approximate surface area is 386 Å². The Balaban J connectivity index is 1.27. The Bertz CT molecular complexity index is 2790. The van der Waals surface area contributed by atoms with E-state index >= 15 is 0 Å². The molecule has 0 fully saturated rings. The Kier molecular flexibility index (Phi) is 8.94. The van der Waals surface area contributed by atoms with E-state index in [9.17, 15) is 0 Å². The lowest BCUT2D eigenvalue weighted by molar-refractivity contribution is 0.325. The molecule has 2 aliphatic heterocycles. The monoisotopic (exact) mass is 851 g/mol. The maximum Gasteiger partial charge on any atom is 0.297 e. The van der Waals surface area contributed by atoms with Crippen LogP contribution in [0.25, 0.3) is 0 Å². The molecule has 3 nitrogen and oxygen atoms in total. The molecule has 0 N–H and O–H groups in total. The van der Waals surface area contributed by atoms with Crippen LogP contribution in [0.5, 0.6) is 0 Å². The third kappa shape index (κ3) is 5.90. The summed E-state index contributed by atoms with van der Waals surface area (Å²) >= 11 is 0. The summed E-state index contributed by atoms with van der Waals surface area (Å²) < 4.78 is 7.74. The summed E-state index contributed by atoms with van der Waals surface area (Å²) in [5.41, 5.74) is 24.2. The number of hydrogen-bond acceptors (Lipinski definition) is 3. The summed E-state index contributed by atoms with van der Waals surface area (Å²) in [4.78, 5) is 5.43. The molecule has 5 aromatic rings. The number of anilines is 6. The van der Waals surface area contributed by atoms with E-state index in [1.54, 1.807) is 0 Å². The Morgan fingerprint density at radius 3 is 1.61 bits per heavy atom. The van der Waals surface area contributed by atoms with Crippen LogP contribution in [0, 0.1) is 0 Å². The highest BCUT2D eigenvalue weighted by Gasteiger charge is 2.52. The average Bonchev–Trinajstić information content (AvgIpc) is 3.66. The van der Waals surface area contributed by atoms with E-state index in [1.165, 1.54) is 140 Å². The van der Waals surface area contributed by atoms with Gasteiger partial charge in [0.1, 0.15) is 5.76 Å². The first-order valence-electron chi connectivity index (χ1n) is 25.4. The second kappa shape index (κ2) is 13.5. The van der Waals surface area contributed by atoms with Crippen LogP contribution < -0.4 is 26.4 Å². The molecule has 0 amide bonds. The van der Waals surface area contributed by atoms with Gasteiger partial charge in [0.15, 0.2) is 0 Å². The molecule has 0 saturated carbocycles. The zero-order valence-electron chi connectivity index (χ0n) is 42.2. The van der Waals surface area contributed by atoms with Crippen LogP contribution in [-0.2, 0) is 38.9 Å². The normalized spacial score (nSPS) is 24.4. The van der Waals surface area contributed by atoms with Crippen molar-refractivity contribution in [2.45, 2.75) is 206 Å². The summed E-state index contributed by atoms with van der Waals surface area (Å²) in [6.07, 6.45) is 10.5. The van der Waals surface area contributed by atoms with E-state index in [-0.39, 0.29) is 39.2 Å². The number of benzene rings is 4. The van der Waals surface area contributed by atoms with Crippen molar-refractivity contribution in [3.63, 3.8) is 0 Å². The number of rotatable bonds is 3. The molecule has 4 aliphatic carbocycles. The third-order valence-corrected chi connectivity index (χ3v) is 18.5. The van der Waals surface area contributed by atoms with Gasteiger partial charge < -0.3 is 14.2 Å². The van der Waals surface area contributed by atoms with Crippen LogP contribution >= 0.6 is 0 Å². The quantitative estimate of drug-likeness (QED) is 0.165. The molecule has 2 unspecified atom stereocenters. The van der Waals surface area contributed by atoms with Gasteiger partial charge in [0, 0.05) is 39.4 Å². The number of nitrogens with zero attached hydrogens (tertiary/aromatic N) is 2. The Morgan fingerprint density at radius 2 is 1.03 bits per heavy atom. The molecule has 1 aromatic heterocycles. The number of hydrogen-bond donors (Lipinski definition) is 0. The highest BCUT2D eigenvalue weighted by molar-refractivity contribution is 6.99. The van der Waals surface area contributed by atoms with E-state index in [0.29, 0.717) is 11.8 Å².